The lowest BCUT2D eigenvalue weighted by molar-refractivity contribution is 0.485. The highest BCUT2D eigenvalue weighted by Crippen LogP contribution is 2.25. The summed E-state index contributed by atoms with van der Waals surface area (Å²) in [4.78, 5) is 4.53. The zero-order valence-corrected chi connectivity index (χ0v) is 16.5. The smallest absolute Gasteiger partial charge is 0.339 e. The van der Waals surface area contributed by atoms with Crippen LogP contribution in [0.3, 0.4) is 0 Å². The van der Waals surface area contributed by atoms with Gasteiger partial charge in [-0.25, -0.2) is 0 Å². The van der Waals surface area contributed by atoms with E-state index in [1.54, 1.807) is 54.7 Å². The van der Waals surface area contributed by atoms with Gasteiger partial charge < -0.3 is 4.18 Å². The molecule has 0 spiro atoms. The molecule has 138 valence electrons. The summed E-state index contributed by atoms with van der Waals surface area (Å²) in [5.41, 5.74) is 3.19. The van der Waals surface area contributed by atoms with Crippen LogP contribution in [0.15, 0.2) is 76.6 Å². The molecule has 0 aromatic heterocycles. The molecule has 3 aromatic rings. The van der Waals surface area contributed by atoms with Gasteiger partial charge in [-0.15, -0.1) is 0 Å². The summed E-state index contributed by atoms with van der Waals surface area (Å²) in [5, 5.41) is 0.583. The topological polar surface area (TPSA) is 55.7 Å². The molecule has 27 heavy (non-hydrogen) atoms. The maximum Gasteiger partial charge on any atom is 0.339 e. The lowest BCUT2D eigenvalue weighted by Gasteiger charge is -2.09. The number of aliphatic imine (C=N–C) groups is 1. The molecular formula is C21H18ClNO3S. The summed E-state index contributed by atoms with van der Waals surface area (Å²) < 4.78 is 30.5. The molecule has 6 heteroatoms. The normalized spacial score (nSPS) is 11.7. The lowest BCUT2D eigenvalue weighted by Crippen LogP contribution is -2.10. The fourth-order valence-electron chi connectivity index (χ4n) is 2.40. The van der Waals surface area contributed by atoms with Crippen LogP contribution in [0.5, 0.6) is 5.75 Å². The van der Waals surface area contributed by atoms with E-state index in [2.05, 4.69) is 4.99 Å². The molecular weight excluding hydrogens is 382 g/mol. The molecule has 0 N–H and O–H groups in total. The summed E-state index contributed by atoms with van der Waals surface area (Å²) >= 11 is 6.02. The van der Waals surface area contributed by atoms with E-state index in [1.807, 2.05) is 19.9 Å². The van der Waals surface area contributed by atoms with Crippen molar-refractivity contribution in [3.8, 4) is 5.75 Å². The van der Waals surface area contributed by atoms with Crippen molar-refractivity contribution < 1.29 is 12.6 Å². The van der Waals surface area contributed by atoms with Gasteiger partial charge in [0.15, 0.2) is 5.75 Å². The van der Waals surface area contributed by atoms with Crippen molar-refractivity contribution in [3.63, 3.8) is 0 Å². The largest absolute Gasteiger partial charge is 0.378 e. The Bertz CT molecular complexity index is 1090. The van der Waals surface area contributed by atoms with Gasteiger partial charge in [0.1, 0.15) is 4.90 Å². The molecule has 0 aliphatic rings. The SMILES string of the molecule is Cc1ccc(S(=O)(=O)Oc2ccccc2C=Nc2cc(Cl)ccc2C)cc1. The molecule has 0 aliphatic carbocycles. The molecule has 0 heterocycles. The highest BCUT2D eigenvalue weighted by atomic mass is 35.5. The van der Waals surface area contributed by atoms with E-state index in [-0.39, 0.29) is 10.6 Å². The van der Waals surface area contributed by atoms with Crippen molar-refractivity contribution in [3.05, 3.63) is 88.4 Å². The molecule has 0 unspecified atom stereocenters. The number of para-hydroxylation sites is 1. The van der Waals surface area contributed by atoms with E-state index in [0.29, 0.717) is 16.3 Å². The second-order valence-electron chi connectivity index (χ2n) is 6.08. The third kappa shape index (κ3) is 4.76. The van der Waals surface area contributed by atoms with E-state index in [0.717, 1.165) is 11.1 Å². The molecule has 0 saturated heterocycles. The predicted octanol–water partition coefficient (Wildman–Crippen LogP) is 5.48. The van der Waals surface area contributed by atoms with Crippen LogP contribution in [-0.2, 0) is 10.1 Å². The average molecular weight is 400 g/mol. The highest BCUT2D eigenvalue weighted by molar-refractivity contribution is 7.87. The number of hydrogen-bond donors (Lipinski definition) is 0. The van der Waals surface area contributed by atoms with Gasteiger partial charge in [-0.2, -0.15) is 8.42 Å². The van der Waals surface area contributed by atoms with Crippen LogP contribution in [-0.4, -0.2) is 14.6 Å². The minimum Gasteiger partial charge on any atom is -0.378 e. The van der Waals surface area contributed by atoms with Gasteiger partial charge in [-0.3, -0.25) is 4.99 Å². The van der Waals surface area contributed by atoms with E-state index >= 15 is 0 Å². The summed E-state index contributed by atoms with van der Waals surface area (Å²) in [7, 11) is -3.93. The van der Waals surface area contributed by atoms with Crippen LogP contribution in [0.2, 0.25) is 5.02 Å². The monoisotopic (exact) mass is 399 g/mol. The van der Waals surface area contributed by atoms with Gasteiger partial charge in [0.05, 0.1) is 5.69 Å². The number of halogens is 1. The number of benzene rings is 3. The fraction of sp³-hybridized carbons (Fsp3) is 0.0952. The first-order valence-electron chi connectivity index (χ1n) is 8.25. The Morgan fingerprint density at radius 3 is 2.41 bits per heavy atom. The van der Waals surface area contributed by atoms with Crippen molar-refractivity contribution in [2.75, 3.05) is 0 Å². The van der Waals surface area contributed by atoms with Gasteiger partial charge in [0.25, 0.3) is 0 Å². The quantitative estimate of drug-likeness (QED) is 0.422. The Morgan fingerprint density at radius 2 is 1.67 bits per heavy atom. The molecule has 0 bridgehead atoms. The number of aryl methyl sites for hydroxylation is 2. The van der Waals surface area contributed by atoms with Crippen molar-refractivity contribution >= 4 is 33.6 Å². The standard InChI is InChI=1S/C21H18ClNO3S/c1-15-7-11-19(12-8-15)27(24,25)26-21-6-4-3-5-17(21)14-23-20-13-18(22)10-9-16(20)2/h3-14H,1-2H3. The minimum atomic E-state index is -3.93. The number of rotatable bonds is 5. The first-order valence-corrected chi connectivity index (χ1v) is 10.0. The van der Waals surface area contributed by atoms with Gasteiger partial charge in [0, 0.05) is 16.8 Å². The second-order valence-corrected chi connectivity index (χ2v) is 8.06. The summed E-state index contributed by atoms with van der Waals surface area (Å²) in [6.45, 7) is 3.81. The van der Waals surface area contributed by atoms with Crippen LogP contribution >= 0.6 is 11.6 Å². The number of hydrogen-bond acceptors (Lipinski definition) is 4. The van der Waals surface area contributed by atoms with Gasteiger partial charge in [0.2, 0.25) is 0 Å². The Labute approximate surface area is 164 Å². The molecule has 4 nitrogen and oxygen atoms in total. The molecule has 0 fully saturated rings. The highest BCUT2D eigenvalue weighted by Gasteiger charge is 2.17. The fourth-order valence-corrected chi connectivity index (χ4v) is 3.52. The zero-order chi connectivity index (χ0) is 19.4. The summed E-state index contributed by atoms with van der Waals surface area (Å²) in [5.74, 6) is 0.210. The van der Waals surface area contributed by atoms with E-state index < -0.39 is 10.1 Å². The van der Waals surface area contributed by atoms with E-state index in [4.69, 9.17) is 15.8 Å². The molecule has 0 amide bonds. The Kier molecular flexibility index (Phi) is 5.63. The Morgan fingerprint density at radius 1 is 0.963 bits per heavy atom. The van der Waals surface area contributed by atoms with Gasteiger partial charge in [-0.05, 0) is 55.8 Å². The van der Waals surface area contributed by atoms with E-state index in [1.165, 1.54) is 12.1 Å². The second kappa shape index (κ2) is 7.94. The first kappa shape index (κ1) is 19.1. The molecule has 0 radical (unpaired) electrons. The molecule has 0 aliphatic heterocycles. The third-order valence-corrected chi connectivity index (χ3v) is 5.43. The van der Waals surface area contributed by atoms with Crippen molar-refractivity contribution in [2.45, 2.75) is 18.7 Å². The lowest BCUT2D eigenvalue weighted by atomic mass is 10.2. The zero-order valence-electron chi connectivity index (χ0n) is 14.9. The molecule has 3 rings (SSSR count). The molecule has 0 atom stereocenters. The molecule has 3 aromatic carbocycles. The molecule has 0 saturated carbocycles. The number of nitrogens with zero attached hydrogens (tertiary/aromatic N) is 1. The summed E-state index contributed by atoms with van der Waals surface area (Å²) in [6, 6.07) is 18.8. The maximum absolute atomic E-state index is 12.6. The minimum absolute atomic E-state index is 0.102. The maximum atomic E-state index is 12.6. The average Bonchev–Trinajstić information content (AvgIpc) is 2.63. The Balaban J connectivity index is 1.91. The predicted molar refractivity (Wildman–Crippen MR) is 109 cm³/mol. The van der Waals surface area contributed by atoms with Crippen molar-refractivity contribution in [1.82, 2.24) is 0 Å². The van der Waals surface area contributed by atoms with Crippen LogP contribution < -0.4 is 4.18 Å². The van der Waals surface area contributed by atoms with Crippen molar-refractivity contribution in [1.29, 1.82) is 0 Å². The van der Waals surface area contributed by atoms with Gasteiger partial charge >= 0.3 is 10.1 Å². The van der Waals surface area contributed by atoms with Crippen LogP contribution in [0.4, 0.5) is 5.69 Å². The van der Waals surface area contributed by atoms with Crippen LogP contribution in [0.1, 0.15) is 16.7 Å². The first-order chi connectivity index (χ1) is 12.8. The third-order valence-electron chi connectivity index (χ3n) is 3.94. The Hall–Kier alpha value is -2.63. The van der Waals surface area contributed by atoms with Gasteiger partial charge in [-0.1, -0.05) is 47.5 Å². The van der Waals surface area contributed by atoms with Crippen LogP contribution in [0, 0.1) is 13.8 Å². The summed E-state index contributed by atoms with van der Waals surface area (Å²) in [6.07, 6.45) is 1.57. The van der Waals surface area contributed by atoms with E-state index in [9.17, 15) is 8.42 Å². The van der Waals surface area contributed by atoms with Crippen LogP contribution in [0.25, 0.3) is 0 Å². The van der Waals surface area contributed by atoms with Crippen molar-refractivity contribution in [2.24, 2.45) is 4.99 Å².